The first kappa shape index (κ1) is 17.2. The van der Waals surface area contributed by atoms with Crippen LogP contribution in [0.1, 0.15) is 10.4 Å². The highest BCUT2D eigenvalue weighted by Gasteiger charge is 1.95. The molecule has 21 heavy (non-hydrogen) atoms. The molecule has 0 spiro atoms. The molecule has 0 atom stereocenters. The van der Waals surface area contributed by atoms with Gasteiger partial charge in [0.1, 0.15) is 25.2 Å². The molecule has 0 saturated heterocycles. The molecule has 0 bridgehead atoms. The molecule has 114 valence electrons. The zero-order valence-electron chi connectivity index (χ0n) is 12.0. The van der Waals surface area contributed by atoms with Crippen molar-refractivity contribution in [2.75, 3.05) is 46.2 Å². The minimum atomic E-state index is 0.311. The molecule has 1 rings (SSSR count). The molecule has 0 unspecified atom stereocenters. The monoisotopic (exact) mass is 292 g/mol. The number of aldehydes is 1. The highest BCUT2D eigenvalue weighted by molar-refractivity contribution is 5.74. The normalized spacial score (nSPS) is 10.0. The van der Waals surface area contributed by atoms with Crippen LogP contribution < -0.4 is 4.74 Å². The van der Waals surface area contributed by atoms with E-state index in [-0.39, 0.29) is 0 Å². The first-order valence-corrected chi connectivity index (χ1v) is 6.71. The lowest BCUT2D eigenvalue weighted by Crippen LogP contribution is -2.12. The van der Waals surface area contributed by atoms with E-state index in [0.717, 1.165) is 6.29 Å². The molecule has 0 saturated carbocycles. The number of rotatable bonds is 12. The van der Waals surface area contributed by atoms with E-state index in [2.05, 4.69) is 5.92 Å². The molecule has 0 N–H and O–H groups in total. The second-order valence-corrected chi connectivity index (χ2v) is 4.02. The summed E-state index contributed by atoms with van der Waals surface area (Å²) >= 11 is 0. The van der Waals surface area contributed by atoms with Crippen LogP contribution >= 0.6 is 0 Å². The summed E-state index contributed by atoms with van der Waals surface area (Å²) in [5.41, 5.74) is 0.627. The molecule has 0 aliphatic heterocycles. The summed E-state index contributed by atoms with van der Waals surface area (Å²) in [5.74, 6) is 3.09. The molecule has 5 heteroatoms. The van der Waals surface area contributed by atoms with Crippen LogP contribution in [0.2, 0.25) is 0 Å². The summed E-state index contributed by atoms with van der Waals surface area (Å²) in [5, 5.41) is 0. The van der Waals surface area contributed by atoms with Gasteiger partial charge in [-0.05, 0) is 24.3 Å². The van der Waals surface area contributed by atoms with Crippen molar-refractivity contribution >= 4 is 6.29 Å². The van der Waals surface area contributed by atoms with Crippen molar-refractivity contribution in [3.8, 4) is 18.1 Å². The highest BCUT2D eigenvalue weighted by atomic mass is 16.6. The molecule has 1 aromatic carbocycles. The third-order valence-electron chi connectivity index (χ3n) is 2.44. The lowest BCUT2D eigenvalue weighted by Gasteiger charge is -2.08. The van der Waals surface area contributed by atoms with Gasteiger partial charge in [0, 0.05) is 5.56 Å². The van der Waals surface area contributed by atoms with Gasteiger partial charge in [-0.1, -0.05) is 5.92 Å². The Bertz CT molecular complexity index is 421. The van der Waals surface area contributed by atoms with E-state index >= 15 is 0 Å². The molecule has 1 aromatic rings. The number of carbonyl (C=O) groups excluding carboxylic acids is 1. The quantitative estimate of drug-likeness (QED) is 0.332. The van der Waals surface area contributed by atoms with E-state index in [4.69, 9.17) is 25.4 Å². The first-order chi connectivity index (χ1) is 10.4. The van der Waals surface area contributed by atoms with Crippen molar-refractivity contribution in [1.82, 2.24) is 0 Å². The lowest BCUT2D eigenvalue weighted by atomic mass is 10.2. The second kappa shape index (κ2) is 11.9. The predicted octanol–water partition coefficient (Wildman–Crippen LogP) is 1.56. The Hall–Kier alpha value is -1.87. The zero-order chi connectivity index (χ0) is 15.2. The molecule has 0 aliphatic carbocycles. The van der Waals surface area contributed by atoms with E-state index < -0.39 is 0 Å². The third-order valence-corrected chi connectivity index (χ3v) is 2.44. The number of ether oxygens (including phenoxy) is 4. The van der Waals surface area contributed by atoms with Gasteiger partial charge in [-0.2, -0.15) is 0 Å². The van der Waals surface area contributed by atoms with Gasteiger partial charge < -0.3 is 18.9 Å². The molecule has 0 radical (unpaired) electrons. The third kappa shape index (κ3) is 8.82. The molecular weight excluding hydrogens is 272 g/mol. The molecule has 0 amide bonds. The minimum absolute atomic E-state index is 0.311. The Labute approximate surface area is 125 Å². The molecule has 0 aromatic heterocycles. The van der Waals surface area contributed by atoms with E-state index in [0.29, 0.717) is 57.6 Å². The Kier molecular flexibility index (Phi) is 9.75. The van der Waals surface area contributed by atoms with Gasteiger partial charge in [0.25, 0.3) is 0 Å². The molecule has 0 heterocycles. The predicted molar refractivity (Wildman–Crippen MR) is 78.6 cm³/mol. The topological polar surface area (TPSA) is 54.0 Å². The van der Waals surface area contributed by atoms with Gasteiger partial charge in [-0.25, -0.2) is 0 Å². The van der Waals surface area contributed by atoms with E-state index in [1.54, 1.807) is 24.3 Å². The molecule has 0 aliphatic rings. The smallest absolute Gasteiger partial charge is 0.150 e. The van der Waals surface area contributed by atoms with Crippen LogP contribution in [0, 0.1) is 12.3 Å². The summed E-state index contributed by atoms with van der Waals surface area (Å²) in [6, 6.07) is 6.92. The van der Waals surface area contributed by atoms with Crippen LogP contribution in [0.4, 0.5) is 0 Å². The van der Waals surface area contributed by atoms with Crippen molar-refractivity contribution in [2.24, 2.45) is 0 Å². The van der Waals surface area contributed by atoms with Crippen molar-refractivity contribution in [2.45, 2.75) is 0 Å². The van der Waals surface area contributed by atoms with Crippen LogP contribution in [-0.2, 0) is 14.2 Å². The van der Waals surface area contributed by atoms with Crippen molar-refractivity contribution in [3.05, 3.63) is 29.8 Å². The fraction of sp³-hybridized carbons (Fsp3) is 0.438. The summed E-state index contributed by atoms with van der Waals surface area (Å²) in [7, 11) is 0. The Morgan fingerprint density at radius 2 is 1.48 bits per heavy atom. The zero-order valence-corrected chi connectivity index (χ0v) is 12.0. The first-order valence-electron chi connectivity index (χ1n) is 6.71. The van der Waals surface area contributed by atoms with Crippen LogP contribution in [0.15, 0.2) is 24.3 Å². The average molecular weight is 292 g/mol. The van der Waals surface area contributed by atoms with Crippen LogP contribution in [0.3, 0.4) is 0 Å². The largest absolute Gasteiger partial charge is 0.491 e. The van der Waals surface area contributed by atoms with E-state index in [1.807, 2.05) is 0 Å². The SMILES string of the molecule is C#CCOCCOCCOCCOc1ccc(C=O)cc1. The van der Waals surface area contributed by atoms with E-state index in [1.165, 1.54) is 0 Å². The highest BCUT2D eigenvalue weighted by Crippen LogP contribution is 2.10. The van der Waals surface area contributed by atoms with E-state index in [9.17, 15) is 4.79 Å². The maximum Gasteiger partial charge on any atom is 0.150 e. The van der Waals surface area contributed by atoms with Crippen molar-refractivity contribution in [3.63, 3.8) is 0 Å². The fourth-order valence-corrected chi connectivity index (χ4v) is 1.43. The van der Waals surface area contributed by atoms with Gasteiger partial charge in [0.2, 0.25) is 0 Å². The maximum absolute atomic E-state index is 10.5. The Balaban J connectivity index is 1.90. The molecule has 0 fully saturated rings. The maximum atomic E-state index is 10.5. The van der Waals surface area contributed by atoms with Gasteiger partial charge in [-0.15, -0.1) is 6.42 Å². The second-order valence-electron chi connectivity index (χ2n) is 4.02. The van der Waals surface area contributed by atoms with Crippen molar-refractivity contribution in [1.29, 1.82) is 0 Å². The van der Waals surface area contributed by atoms with Crippen LogP contribution in [0.5, 0.6) is 5.75 Å². The number of hydrogen-bond donors (Lipinski definition) is 0. The summed E-state index contributed by atoms with van der Waals surface area (Å²) in [4.78, 5) is 10.5. The number of hydrogen-bond acceptors (Lipinski definition) is 5. The van der Waals surface area contributed by atoms with Crippen molar-refractivity contribution < 1.29 is 23.7 Å². The van der Waals surface area contributed by atoms with Gasteiger partial charge in [0.15, 0.2) is 0 Å². The molecule has 5 nitrogen and oxygen atoms in total. The fourth-order valence-electron chi connectivity index (χ4n) is 1.43. The standard InChI is InChI=1S/C16H20O5/c1-2-7-18-8-9-19-10-11-20-12-13-21-16-5-3-15(14-17)4-6-16/h1,3-6,14H,7-13H2. The van der Waals surface area contributed by atoms with Gasteiger partial charge in [0.05, 0.1) is 33.0 Å². The lowest BCUT2D eigenvalue weighted by molar-refractivity contribution is 0.0142. The van der Waals surface area contributed by atoms with Gasteiger partial charge >= 0.3 is 0 Å². The number of carbonyl (C=O) groups is 1. The summed E-state index contributed by atoms with van der Waals surface area (Å²) < 4.78 is 21.1. The summed E-state index contributed by atoms with van der Waals surface area (Å²) in [6.45, 7) is 3.24. The Morgan fingerprint density at radius 3 is 2.05 bits per heavy atom. The minimum Gasteiger partial charge on any atom is -0.491 e. The van der Waals surface area contributed by atoms with Gasteiger partial charge in [-0.3, -0.25) is 4.79 Å². The van der Waals surface area contributed by atoms with Crippen LogP contribution in [0.25, 0.3) is 0 Å². The Morgan fingerprint density at radius 1 is 0.905 bits per heavy atom. The number of terminal acetylenes is 1. The number of benzene rings is 1. The summed E-state index contributed by atoms with van der Waals surface area (Å²) in [6.07, 6.45) is 5.83. The van der Waals surface area contributed by atoms with Crippen LogP contribution in [-0.4, -0.2) is 52.5 Å². The molecular formula is C16H20O5. The average Bonchev–Trinajstić information content (AvgIpc) is 2.53.